The molecule has 0 saturated heterocycles. The lowest BCUT2D eigenvalue weighted by Crippen LogP contribution is -2.37. The van der Waals surface area contributed by atoms with Crippen molar-refractivity contribution in [3.8, 4) is 0 Å². The summed E-state index contributed by atoms with van der Waals surface area (Å²) < 4.78 is 0. The Labute approximate surface area is 138 Å². The predicted molar refractivity (Wildman–Crippen MR) is 96.3 cm³/mol. The smallest absolute Gasteiger partial charge is 0.243 e. The fraction of sp³-hybridized carbons (Fsp3) is 0.350. The number of hydrogen-bond donors (Lipinski definition) is 1. The average Bonchev–Trinajstić information content (AvgIpc) is 2.51. The van der Waals surface area contributed by atoms with E-state index in [2.05, 4.69) is 35.3 Å². The van der Waals surface area contributed by atoms with Gasteiger partial charge in [0.05, 0.1) is 6.54 Å². The van der Waals surface area contributed by atoms with E-state index in [0.717, 1.165) is 36.2 Å². The Balaban J connectivity index is 1.75. The molecule has 0 bridgehead atoms. The van der Waals surface area contributed by atoms with Crippen LogP contribution in [0.4, 0.5) is 11.4 Å². The number of amides is 1. The van der Waals surface area contributed by atoms with E-state index in [4.69, 9.17) is 0 Å². The minimum absolute atomic E-state index is 0.0517. The van der Waals surface area contributed by atoms with Gasteiger partial charge in [-0.25, -0.2) is 0 Å². The summed E-state index contributed by atoms with van der Waals surface area (Å²) in [5, 5.41) is 3.09. The molecule has 23 heavy (non-hydrogen) atoms. The zero-order valence-electron chi connectivity index (χ0n) is 14.1. The second-order valence-corrected chi connectivity index (χ2v) is 6.47. The van der Waals surface area contributed by atoms with E-state index in [1.165, 1.54) is 16.8 Å². The number of para-hydroxylation sites is 1. The van der Waals surface area contributed by atoms with E-state index >= 15 is 0 Å². The second-order valence-electron chi connectivity index (χ2n) is 6.47. The lowest BCUT2D eigenvalue weighted by Gasteiger charge is -2.31. The van der Waals surface area contributed by atoms with Gasteiger partial charge >= 0.3 is 0 Å². The zero-order valence-corrected chi connectivity index (χ0v) is 14.1. The third-order valence-electron chi connectivity index (χ3n) is 4.53. The molecule has 120 valence electrons. The third kappa shape index (κ3) is 3.39. The molecule has 0 radical (unpaired) electrons. The number of rotatable bonds is 3. The van der Waals surface area contributed by atoms with Gasteiger partial charge in [0.1, 0.15) is 0 Å². The van der Waals surface area contributed by atoms with E-state index in [9.17, 15) is 4.79 Å². The summed E-state index contributed by atoms with van der Waals surface area (Å²) in [6.45, 7) is 7.52. The maximum atomic E-state index is 12.5. The van der Waals surface area contributed by atoms with Crippen LogP contribution in [-0.4, -0.2) is 19.0 Å². The maximum absolute atomic E-state index is 12.5. The molecule has 3 rings (SSSR count). The summed E-state index contributed by atoms with van der Waals surface area (Å²) in [6, 6.07) is 12.6. The van der Waals surface area contributed by atoms with Crippen LogP contribution < -0.4 is 10.2 Å². The molecule has 2 aromatic carbocycles. The lowest BCUT2D eigenvalue weighted by atomic mass is 9.99. The highest BCUT2D eigenvalue weighted by Gasteiger charge is 2.19. The fourth-order valence-electron chi connectivity index (χ4n) is 3.33. The van der Waals surface area contributed by atoms with Gasteiger partial charge in [-0.1, -0.05) is 35.9 Å². The Morgan fingerprint density at radius 1 is 1.13 bits per heavy atom. The molecule has 0 aromatic heterocycles. The highest BCUT2D eigenvalue weighted by atomic mass is 16.2. The zero-order chi connectivity index (χ0) is 16.4. The molecule has 1 aliphatic heterocycles. The highest BCUT2D eigenvalue weighted by Crippen LogP contribution is 2.28. The molecule has 2 aromatic rings. The number of benzene rings is 2. The maximum Gasteiger partial charge on any atom is 0.243 e. The molecule has 1 amide bonds. The molecule has 0 unspecified atom stereocenters. The average molecular weight is 308 g/mol. The van der Waals surface area contributed by atoms with E-state index in [0.29, 0.717) is 6.54 Å². The van der Waals surface area contributed by atoms with Crippen LogP contribution in [0.5, 0.6) is 0 Å². The van der Waals surface area contributed by atoms with Crippen molar-refractivity contribution in [1.82, 2.24) is 0 Å². The van der Waals surface area contributed by atoms with Crippen LogP contribution in [-0.2, 0) is 11.2 Å². The Morgan fingerprint density at radius 3 is 2.61 bits per heavy atom. The first-order chi connectivity index (χ1) is 11.0. The van der Waals surface area contributed by atoms with Gasteiger partial charge in [0.2, 0.25) is 5.91 Å². The van der Waals surface area contributed by atoms with Gasteiger partial charge < -0.3 is 10.2 Å². The topological polar surface area (TPSA) is 32.3 Å². The first kappa shape index (κ1) is 15.6. The minimum atomic E-state index is 0.0517. The van der Waals surface area contributed by atoms with Gasteiger partial charge in [0.25, 0.3) is 0 Å². The summed E-state index contributed by atoms with van der Waals surface area (Å²) in [5.74, 6) is 0.0517. The molecule has 0 fully saturated rings. The van der Waals surface area contributed by atoms with Gasteiger partial charge in [-0.3, -0.25) is 4.79 Å². The van der Waals surface area contributed by atoms with Crippen molar-refractivity contribution in [2.45, 2.75) is 33.6 Å². The first-order valence-corrected chi connectivity index (χ1v) is 8.25. The molecule has 3 heteroatoms. The van der Waals surface area contributed by atoms with Crippen molar-refractivity contribution in [3.05, 3.63) is 58.7 Å². The van der Waals surface area contributed by atoms with Gasteiger partial charge in [0.15, 0.2) is 0 Å². The summed E-state index contributed by atoms with van der Waals surface area (Å²) >= 11 is 0. The van der Waals surface area contributed by atoms with Crippen molar-refractivity contribution in [2.75, 3.05) is 23.3 Å². The van der Waals surface area contributed by atoms with Gasteiger partial charge in [-0.15, -0.1) is 0 Å². The molecular formula is C20H24N2O. The van der Waals surface area contributed by atoms with Crippen molar-refractivity contribution in [1.29, 1.82) is 0 Å². The normalized spacial score (nSPS) is 13.6. The molecule has 0 atom stereocenters. The summed E-state index contributed by atoms with van der Waals surface area (Å²) in [4.78, 5) is 14.7. The number of carbonyl (C=O) groups excluding carboxylic acids is 1. The number of nitrogens with one attached hydrogen (secondary N) is 1. The van der Waals surface area contributed by atoms with Crippen LogP contribution in [0, 0.1) is 20.8 Å². The number of aryl methyl sites for hydroxylation is 4. The number of carbonyl (C=O) groups is 1. The van der Waals surface area contributed by atoms with Crippen LogP contribution in [0.25, 0.3) is 0 Å². The van der Waals surface area contributed by atoms with E-state index in [1.807, 2.05) is 32.0 Å². The molecule has 1 N–H and O–H groups in total. The van der Waals surface area contributed by atoms with E-state index in [1.54, 1.807) is 0 Å². The minimum Gasteiger partial charge on any atom is -0.362 e. The Bertz CT molecular complexity index is 716. The predicted octanol–water partition coefficient (Wildman–Crippen LogP) is 4.00. The number of anilines is 2. The van der Waals surface area contributed by atoms with E-state index in [-0.39, 0.29) is 5.91 Å². The number of fused-ring (bicyclic) bond motifs is 1. The SMILES string of the molecule is Cc1ccc2c(c1)CCCN2CC(=O)Nc1c(C)cccc1C. The third-order valence-corrected chi connectivity index (χ3v) is 4.53. The molecule has 1 aliphatic rings. The molecule has 1 heterocycles. The van der Waals surface area contributed by atoms with Crippen molar-refractivity contribution >= 4 is 17.3 Å². The fourth-order valence-corrected chi connectivity index (χ4v) is 3.33. The number of hydrogen-bond acceptors (Lipinski definition) is 2. The standard InChI is InChI=1S/C20H24N2O/c1-14-9-10-18-17(12-14)8-5-11-22(18)13-19(23)21-20-15(2)6-4-7-16(20)3/h4,6-7,9-10,12H,5,8,11,13H2,1-3H3,(H,21,23). The van der Waals surface area contributed by atoms with Gasteiger partial charge in [-0.05, 0) is 56.4 Å². The van der Waals surface area contributed by atoms with Crippen LogP contribution in [0.2, 0.25) is 0 Å². The van der Waals surface area contributed by atoms with Crippen LogP contribution in [0.1, 0.15) is 28.7 Å². The monoisotopic (exact) mass is 308 g/mol. The molecule has 3 nitrogen and oxygen atoms in total. The van der Waals surface area contributed by atoms with Crippen molar-refractivity contribution < 1.29 is 4.79 Å². The van der Waals surface area contributed by atoms with Crippen LogP contribution in [0.15, 0.2) is 36.4 Å². The molecule has 0 aliphatic carbocycles. The van der Waals surface area contributed by atoms with E-state index < -0.39 is 0 Å². The van der Waals surface area contributed by atoms with Gasteiger partial charge in [0, 0.05) is 17.9 Å². The molecule has 0 spiro atoms. The largest absolute Gasteiger partial charge is 0.362 e. The Morgan fingerprint density at radius 2 is 1.87 bits per heavy atom. The Kier molecular flexibility index (Phi) is 4.37. The summed E-state index contributed by atoms with van der Waals surface area (Å²) in [7, 11) is 0. The van der Waals surface area contributed by atoms with Crippen molar-refractivity contribution in [2.24, 2.45) is 0 Å². The van der Waals surface area contributed by atoms with Crippen LogP contribution >= 0.6 is 0 Å². The van der Waals surface area contributed by atoms with Gasteiger partial charge in [-0.2, -0.15) is 0 Å². The quantitative estimate of drug-likeness (QED) is 0.929. The van der Waals surface area contributed by atoms with Crippen LogP contribution in [0.3, 0.4) is 0 Å². The highest BCUT2D eigenvalue weighted by molar-refractivity contribution is 5.95. The lowest BCUT2D eigenvalue weighted by molar-refractivity contribution is -0.115. The first-order valence-electron chi connectivity index (χ1n) is 8.25. The number of nitrogens with zero attached hydrogens (tertiary/aromatic N) is 1. The molecule has 0 saturated carbocycles. The second kappa shape index (κ2) is 6.45. The summed E-state index contributed by atoms with van der Waals surface area (Å²) in [5.41, 5.74) is 7.00. The Hall–Kier alpha value is -2.29. The van der Waals surface area contributed by atoms with Crippen molar-refractivity contribution in [3.63, 3.8) is 0 Å². The molecular weight excluding hydrogens is 284 g/mol. The summed E-state index contributed by atoms with van der Waals surface area (Å²) in [6.07, 6.45) is 2.21.